The molecule has 5 heteroatoms. The number of carboxylic acid groups (broad SMARTS) is 1. The molecule has 5 N–H and O–H groups in total. The van der Waals surface area contributed by atoms with Crippen LogP contribution in [0.25, 0.3) is 0 Å². The third-order valence-electron chi connectivity index (χ3n) is 1.27. The first-order valence-electron chi connectivity index (χ1n) is 3.21. The number of nitrogens with two attached hydrogens (primary N) is 2. The first kappa shape index (κ1) is 9.88. The summed E-state index contributed by atoms with van der Waals surface area (Å²) in [5.41, 5.74) is 10.4. The molecule has 0 aliphatic heterocycles. The Balaban J connectivity index is 3.55. The van der Waals surface area contributed by atoms with E-state index >= 15 is 0 Å². The molecule has 0 amide bonds. The van der Waals surface area contributed by atoms with Gasteiger partial charge in [0, 0.05) is 0 Å². The van der Waals surface area contributed by atoms with Crippen LogP contribution < -0.4 is 11.5 Å². The average molecular weight is 157 g/mol. The summed E-state index contributed by atoms with van der Waals surface area (Å²) in [4.78, 5) is 10.2. The summed E-state index contributed by atoms with van der Waals surface area (Å²) in [7, 11) is 0. The SMILES string of the molecule is N#CC(N)CC[C@H](N)C(=O)O. The van der Waals surface area contributed by atoms with Crippen LogP contribution in [0, 0.1) is 11.3 Å². The van der Waals surface area contributed by atoms with Crippen molar-refractivity contribution in [3.63, 3.8) is 0 Å². The Morgan fingerprint density at radius 1 is 1.55 bits per heavy atom. The van der Waals surface area contributed by atoms with Crippen molar-refractivity contribution in [3.8, 4) is 6.07 Å². The van der Waals surface area contributed by atoms with E-state index in [-0.39, 0.29) is 6.42 Å². The molecule has 0 aliphatic carbocycles. The lowest BCUT2D eigenvalue weighted by Crippen LogP contribution is -2.32. The van der Waals surface area contributed by atoms with Crippen LogP contribution in [0.4, 0.5) is 0 Å². The van der Waals surface area contributed by atoms with Gasteiger partial charge in [-0.25, -0.2) is 0 Å². The fourth-order valence-corrected chi connectivity index (χ4v) is 0.547. The predicted molar refractivity (Wildman–Crippen MR) is 38.4 cm³/mol. The molecule has 2 atom stereocenters. The lowest BCUT2D eigenvalue weighted by molar-refractivity contribution is -0.138. The Morgan fingerprint density at radius 2 is 2.09 bits per heavy atom. The first-order valence-corrected chi connectivity index (χ1v) is 3.21. The van der Waals surface area contributed by atoms with Gasteiger partial charge in [-0.15, -0.1) is 0 Å². The number of nitriles is 1. The van der Waals surface area contributed by atoms with E-state index in [0.717, 1.165) is 0 Å². The highest BCUT2D eigenvalue weighted by Crippen LogP contribution is 1.96. The smallest absolute Gasteiger partial charge is 0.320 e. The molecule has 0 rings (SSSR count). The zero-order chi connectivity index (χ0) is 8.85. The number of nitrogens with zero attached hydrogens (tertiary/aromatic N) is 1. The number of hydrogen-bond acceptors (Lipinski definition) is 4. The van der Waals surface area contributed by atoms with E-state index in [9.17, 15) is 4.79 Å². The van der Waals surface area contributed by atoms with Gasteiger partial charge in [-0.2, -0.15) is 5.26 Å². The van der Waals surface area contributed by atoms with Gasteiger partial charge in [-0.05, 0) is 12.8 Å². The second-order valence-corrected chi connectivity index (χ2v) is 2.26. The predicted octanol–water partition coefficient (Wildman–Crippen LogP) is -0.971. The summed E-state index contributed by atoms with van der Waals surface area (Å²) in [6.45, 7) is 0. The van der Waals surface area contributed by atoms with Crippen molar-refractivity contribution in [2.45, 2.75) is 24.9 Å². The third kappa shape index (κ3) is 4.31. The van der Waals surface area contributed by atoms with Crippen LogP contribution in [0.2, 0.25) is 0 Å². The minimum Gasteiger partial charge on any atom is -0.480 e. The summed E-state index contributed by atoms with van der Waals surface area (Å²) in [5, 5.41) is 16.5. The molecule has 0 bridgehead atoms. The zero-order valence-corrected chi connectivity index (χ0v) is 6.03. The molecule has 0 saturated heterocycles. The van der Waals surface area contributed by atoms with Crippen LogP contribution in [0.1, 0.15) is 12.8 Å². The van der Waals surface area contributed by atoms with Crippen molar-refractivity contribution in [1.29, 1.82) is 5.26 Å². The summed E-state index contributed by atoms with van der Waals surface area (Å²) in [6, 6.07) is 0.270. The molecule has 11 heavy (non-hydrogen) atoms. The van der Waals surface area contributed by atoms with Crippen LogP contribution >= 0.6 is 0 Å². The Bertz CT molecular complexity index is 175. The minimum absolute atomic E-state index is 0.240. The van der Waals surface area contributed by atoms with Gasteiger partial charge in [0.2, 0.25) is 0 Å². The molecule has 5 nitrogen and oxygen atoms in total. The number of rotatable bonds is 4. The maximum atomic E-state index is 10.2. The van der Waals surface area contributed by atoms with Crippen LogP contribution in [-0.4, -0.2) is 23.2 Å². The Hall–Kier alpha value is -1.12. The van der Waals surface area contributed by atoms with Gasteiger partial charge in [0.25, 0.3) is 0 Å². The standard InChI is InChI=1S/C6H11N3O2/c7-3-4(8)1-2-5(9)6(10)11/h4-5H,1-2,8-9H2,(H,10,11)/t4?,5-/m0/s1. The molecular weight excluding hydrogens is 146 g/mol. The molecule has 0 aromatic heterocycles. The lowest BCUT2D eigenvalue weighted by atomic mass is 10.1. The third-order valence-corrected chi connectivity index (χ3v) is 1.27. The van der Waals surface area contributed by atoms with Crippen molar-refractivity contribution in [2.75, 3.05) is 0 Å². The fraction of sp³-hybridized carbons (Fsp3) is 0.667. The first-order chi connectivity index (χ1) is 5.07. The van der Waals surface area contributed by atoms with Crippen molar-refractivity contribution >= 4 is 5.97 Å². The van der Waals surface area contributed by atoms with Gasteiger partial charge < -0.3 is 16.6 Å². The van der Waals surface area contributed by atoms with E-state index < -0.39 is 18.1 Å². The van der Waals surface area contributed by atoms with Gasteiger partial charge in [0.15, 0.2) is 0 Å². The van der Waals surface area contributed by atoms with Crippen LogP contribution in [0.15, 0.2) is 0 Å². The van der Waals surface area contributed by atoms with Gasteiger partial charge in [0.05, 0.1) is 12.1 Å². The van der Waals surface area contributed by atoms with E-state index in [1.165, 1.54) is 0 Å². The Labute approximate surface area is 64.6 Å². The summed E-state index contributed by atoms with van der Waals surface area (Å²) < 4.78 is 0. The normalized spacial score (nSPS) is 15.0. The van der Waals surface area contributed by atoms with Crippen molar-refractivity contribution in [3.05, 3.63) is 0 Å². The van der Waals surface area contributed by atoms with Gasteiger partial charge in [-0.3, -0.25) is 4.79 Å². The second-order valence-electron chi connectivity index (χ2n) is 2.26. The molecule has 0 fully saturated rings. The van der Waals surface area contributed by atoms with Gasteiger partial charge in [-0.1, -0.05) is 0 Å². The van der Waals surface area contributed by atoms with E-state index in [0.29, 0.717) is 6.42 Å². The molecular formula is C6H11N3O2. The van der Waals surface area contributed by atoms with E-state index in [4.69, 9.17) is 21.8 Å². The van der Waals surface area contributed by atoms with Gasteiger partial charge >= 0.3 is 5.97 Å². The van der Waals surface area contributed by atoms with Crippen LogP contribution in [0.3, 0.4) is 0 Å². The monoisotopic (exact) mass is 157 g/mol. The topological polar surface area (TPSA) is 113 Å². The largest absolute Gasteiger partial charge is 0.480 e. The molecule has 0 saturated carbocycles. The Morgan fingerprint density at radius 3 is 2.45 bits per heavy atom. The lowest BCUT2D eigenvalue weighted by Gasteiger charge is -2.05. The number of aliphatic carboxylic acids is 1. The highest BCUT2D eigenvalue weighted by atomic mass is 16.4. The fourth-order valence-electron chi connectivity index (χ4n) is 0.547. The van der Waals surface area contributed by atoms with Gasteiger partial charge in [0.1, 0.15) is 6.04 Å². The van der Waals surface area contributed by atoms with Crippen LogP contribution in [0.5, 0.6) is 0 Å². The summed E-state index contributed by atoms with van der Waals surface area (Å²) in [6.07, 6.45) is 0.564. The highest BCUT2D eigenvalue weighted by molar-refractivity contribution is 5.72. The quantitative estimate of drug-likeness (QED) is 0.486. The molecule has 0 heterocycles. The molecule has 0 aromatic carbocycles. The number of hydrogen-bond donors (Lipinski definition) is 3. The maximum Gasteiger partial charge on any atom is 0.320 e. The summed E-state index contributed by atoms with van der Waals surface area (Å²) in [5.74, 6) is -1.06. The maximum absolute atomic E-state index is 10.2. The zero-order valence-electron chi connectivity index (χ0n) is 6.03. The number of carboxylic acids is 1. The van der Waals surface area contributed by atoms with E-state index in [1.54, 1.807) is 6.07 Å². The second kappa shape index (κ2) is 4.66. The summed E-state index contributed by atoms with van der Waals surface area (Å²) >= 11 is 0. The van der Waals surface area contributed by atoms with E-state index in [1.807, 2.05) is 0 Å². The number of carbonyl (C=O) groups is 1. The van der Waals surface area contributed by atoms with Crippen molar-refractivity contribution in [1.82, 2.24) is 0 Å². The Kier molecular flexibility index (Phi) is 4.18. The highest BCUT2D eigenvalue weighted by Gasteiger charge is 2.12. The van der Waals surface area contributed by atoms with E-state index in [2.05, 4.69) is 0 Å². The molecule has 0 aromatic rings. The molecule has 0 aliphatic rings. The van der Waals surface area contributed by atoms with Crippen LogP contribution in [-0.2, 0) is 4.79 Å². The molecule has 0 spiro atoms. The van der Waals surface area contributed by atoms with Crippen molar-refractivity contribution in [2.24, 2.45) is 11.5 Å². The average Bonchev–Trinajstić information content (AvgIpc) is 1.99. The molecule has 0 radical (unpaired) electrons. The minimum atomic E-state index is -1.06. The molecule has 62 valence electrons. The van der Waals surface area contributed by atoms with Crippen molar-refractivity contribution < 1.29 is 9.90 Å². The molecule has 1 unspecified atom stereocenters.